The van der Waals surface area contributed by atoms with Crippen molar-refractivity contribution in [1.29, 1.82) is 0 Å². The van der Waals surface area contributed by atoms with E-state index in [1.165, 1.54) is 6.07 Å². The maximum atomic E-state index is 11.9. The Bertz CT molecular complexity index is 669. The molecule has 108 valence electrons. The number of benzene rings is 2. The van der Waals surface area contributed by atoms with Gasteiger partial charge < -0.3 is 19.9 Å². The summed E-state index contributed by atoms with van der Waals surface area (Å²) in [6, 6.07) is 12.2. The molecule has 0 aliphatic carbocycles. The molecule has 0 spiro atoms. The van der Waals surface area contributed by atoms with Crippen LogP contribution >= 0.6 is 0 Å². The third-order valence-corrected chi connectivity index (χ3v) is 3.28. The average molecular weight is 285 g/mol. The van der Waals surface area contributed by atoms with Gasteiger partial charge in [-0.25, -0.2) is 0 Å². The number of nitrogens with one attached hydrogen (secondary N) is 1. The average Bonchev–Trinajstić information content (AvgIpc) is 2.95. The van der Waals surface area contributed by atoms with Crippen molar-refractivity contribution in [3.63, 3.8) is 0 Å². The van der Waals surface area contributed by atoms with Crippen molar-refractivity contribution in [2.45, 2.75) is 6.42 Å². The van der Waals surface area contributed by atoms with Crippen molar-refractivity contribution in [3.05, 3.63) is 53.6 Å². The lowest BCUT2D eigenvalue weighted by molar-refractivity contribution is 0.0951. The van der Waals surface area contributed by atoms with Gasteiger partial charge in [0.2, 0.25) is 6.79 Å². The van der Waals surface area contributed by atoms with Crippen molar-refractivity contribution in [2.75, 3.05) is 13.3 Å². The highest BCUT2D eigenvalue weighted by molar-refractivity contribution is 5.96. The van der Waals surface area contributed by atoms with Crippen LogP contribution in [0.4, 0.5) is 0 Å². The number of carbonyl (C=O) groups is 1. The summed E-state index contributed by atoms with van der Waals surface area (Å²) >= 11 is 0. The molecule has 0 unspecified atom stereocenters. The molecule has 5 heteroatoms. The Kier molecular flexibility index (Phi) is 3.64. The summed E-state index contributed by atoms with van der Waals surface area (Å²) in [4.78, 5) is 11.9. The summed E-state index contributed by atoms with van der Waals surface area (Å²) in [5, 5.41) is 12.4. The van der Waals surface area contributed by atoms with E-state index >= 15 is 0 Å². The SMILES string of the molecule is O=C(NCCc1ccc2c(c1)OCO2)c1ccccc1O. The van der Waals surface area contributed by atoms with Gasteiger partial charge in [0.05, 0.1) is 5.56 Å². The smallest absolute Gasteiger partial charge is 0.255 e. The lowest BCUT2D eigenvalue weighted by Crippen LogP contribution is -2.25. The molecule has 1 aliphatic rings. The zero-order chi connectivity index (χ0) is 14.7. The van der Waals surface area contributed by atoms with Gasteiger partial charge in [-0.1, -0.05) is 18.2 Å². The molecular formula is C16H15NO4. The van der Waals surface area contributed by atoms with E-state index in [-0.39, 0.29) is 24.0 Å². The zero-order valence-electron chi connectivity index (χ0n) is 11.3. The fourth-order valence-electron chi connectivity index (χ4n) is 2.18. The molecule has 0 atom stereocenters. The van der Waals surface area contributed by atoms with Crippen LogP contribution in [-0.2, 0) is 6.42 Å². The number of rotatable bonds is 4. The van der Waals surface area contributed by atoms with E-state index in [2.05, 4.69) is 5.32 Å². The molecule has 0 saturated carbocycles. The standard InChI is InChI=1S/C16H15NO4/c18-13-4-2-1-3-12(13)16(19)17-8-7-11-5-6-14-15(9-11)21-10-20-14/h1-6,9,18H,7-8,10H2,(H,17,19). The number of hydrogen-bond acceptors (Lipinski definition) is 4. The van der Waals surface area contributed by atoms with Crippen molar-refractivity contribution >= 4 is 5.91 Å². The number of aromatic hydroxyl groups is 1. The number of carbonyl (C=O) groups excluding carboxylic acids is 1. The molecule has 1 amide bonds. The van der Waals surface area contributed by atoms with Gasteiger partial charge in [0.25, 0.3) is 5.91 Å². The van der Waals surface area contributed by atoms with E-state index in [1.54, 1.807) is 18.2 Å². The molecule has 2 aromatic rings. The number of hydrogen-bond donors (Lipinski definition) is 2. The minimum atomic E-state index is -0.283. The molecule has 0 saturated heterocycles. The molecule has 0 fully saturated rings. The third-order valence-electron chi connectivity index (χ3n) is 3.28. The Labute approximate surface area is 122 Å². The second kappa shape index (κ2) is 5.75. The number of phenolic OH excluding ortho intramolecular Hbond substituents is 1. The Morgan fingerprint density at radius 2 is 1.95 bits per heavy atom. The number of fused-ring (bicyclic) bond motifs is 1. The molecule has 1 heterocycles. The molecule has 0 radical (unpaired) electrons. The van der Waals surface area contributed by atoms with E-state index in [9.17, 15) is 9.90 Å². The Balaban J connectivity index is 1.57. The van der Waals surface area contributed by atoms with Crippen molar-refractivity contribution in [3.8, 4) is 17.2 Å². The summed E-state index contributed by atoms with van der Waals surface area (Å²) in [5.74, 6) is 1.18. The first-order valence-electron chi connectivity index (χ1n) is 6.69. The molecule has 3 rings (SSSR count). The van der Waals surface area contributed by atoms with Gasteiger partial charge >= 0.3 is 0 Å². The summed E-state index contributed by atoms with van der Waals surface area (Å²) in [6.07, 6.45) is 0.677. The predicted molar refractivity (Wildman–Crippen MR) is 76.7 cm³/mol. The van der Waals surface area contributed by atoms with Crippen LogP contribution in [0.15, 0.2) is 42.5 Å². The van der Waals surface area contributed by atoms with Crippen molar-refractivity contribution in [2.24, 2.45) is 0 Å². The molecule has 2 aromatic carbocycles. The van der Waals surface area contributed by atoms with Crippen LogP contribution in [0.3, 0.4) is 0 Å². The summed E-state index contributed by atoms with van der Waals surface area (Å²) in [6.45, 7) is 0.732. The van der Waals surface area contributed by atoms with Crippen LogP contribution in [-0.4, -0.2) is 24.4 Å². The highest BCUT2D eigenvalue weighted by Gasteiger charge is 2.13. The number of amides is 1. The van der Waals surface area contributed by atoms with Gasteiger partial charge in [-0.05, 0) is 36.2 Å². The monoisotopic (exact) mass is 285 g/mol. The van der Waals surface area contributed by atoms with E-state index in [1.807, 2.05) is 18.2 Å². The first kappa shape index (κ1) is 13.3. The quantitative estimate of drug-likeness (QED) is 0.902. The molecular weight excluding hydrogens is 270 g/mol. The number of para-hydroxylation sites is 1. The Hall–Kier alpha value is -2.69. The minimum Gasteiger partial charge on any atom is -0.507 e. The van der Waals surface area contributed by atoms with Gasteiger partial charge in [-0.15, -0.1) is 0 Å². The van der Waals surface area contributed by atoms with Crippen LogP contribution in [0.1, 0.15) is 15.9 Å². The minimum absolute atomic E-state index is 0.0157. The van der Waals surface area contributed by atoms with Gasteiger partial charge in [-0.2, -0.15) is 0 Å². The first-order valence-corrected chi connectivity index (χ1v) is 6.69. The second-order valence-electron chi connectivity index (χ2n) is 4.71. The normalized spacial score (nSPS) is 12.2. The predicted octanol–water partition coefficient (Wildman–Crippen LogP) is 2.09. The summed E-state index contributed by atoms with van der Waals surface area (Å²) in [7, 11) is 0. The maximum Gasteiger partial charge on any atom is 0.255 e. The lowest BCUT2D eigenvalue weighted by atomic mass is 10.1. The molecule has 21 heavy (non-hydrogen) atoms. The van der Waals surface area contributed by atoms with Gasteiger partial charge in [0.15, 0.2) is 11.5 Å². The molecule has 2 N–H and O–H groups in total. The van der Waals surface area contributed by atoms with Gasteiger partial charge in [0, 0.05) is 6.54 Å². The van der Waals surface area contributed by atoms with Gasteiger partial charge in [-0.3, -0.25) is 4.79 Å². The van der Waals surface area contributed by atoms with Crippen LogP contribution in [0, 0.1) is 0 Å². The number of ether oxygens (including phenoxy) is 2. The second-order valence-corrected chi connectivity index (χ2v) is 4.71. The maximum absolute atomic E-state index is 11.9. The Morgan fingerprint density at radius 1 is 1.14 bits per heavy atom. The number of phenols is 1. The van der Waals surface area contributed by atoms with E-state index in [4.69, 9.17) is 9.47 Å². The fraction of sp³-hybridized carbons (Fsp3) is 0.188. The highest BCUT2D eigenvalue weighted by atomic mass is 16.7. The third kappa shape index (κ3) is 2.91. The van der Waals surface area contributed by atoms with Crippen LogP contribution in [0.25, 0.3) is 0 Å². The lowest BCUT2D eigenvalue weighted by Gasteiger charge is -2.07. The zero-order valence-corrected chi connectivity index (χ0v) is 11.3. The molecule has 1 aliphatic heterocycles. The van der Waals surface area contributed by atoms with Crippen molar-refractivity contribution in [1.82, 2.24) is 5.32 Å². The van der Waals surface area contributed by atoms with E-state index in [0.29, 0.717) is 13.0 Å². The fourth-order valence-corrected chi connectivity index (χ4v) is 2.18. The van der Waals surface area contributed by atoms with Crippen LogP contribution in [0.2, 0.25) is 0 Å². The summed E-state index contributed by atoms with van der Waals surface area (Å²) < 4.78 is 10.6. The van der Waals surface area contributed by atoms with E-state index < -0.39 is 0 Å². The Morgan fingerprint density at radius 3 is 2.81 bits per heavy atom. The van der Waals surface area contributed by atoms with Crippen LogP contribution < -0.4 is 14.8 Å². The van der Waals surface area contributed by atoms with Gasteiger partial charge in [0.1, 0.15) is 5.75 Å². The molecule has 5 nitrogen and oxygen atoms in total. The highest BCUT2D eigenvalue weighted by Crippen LogP contribution is 2.32. The van der Waals surface area contributed by atoms with E-state index in [0.717, 1.165) is 17.1 Å². The van der Waals surface area contributed by atoms with Crippen molar-refractivity contribution < 1.29 is 19.4 Å². The van der Waals surface area contributed by atoms with Crippen LogP contribution in [0.5, 0.6) is 17.2 Å². The largest absolute Gasteiger partial charge is 0.507 e. The molecule has 0 aromatic heterocycles. The first-order chi connectivity index (χ1) is 10.2. The molecule has 0 bridgehead atoms. The summed E-state index contributed by atoms with van der Waals surface area (Å²) in [5.41, 5.74) is 1.33. The topological polar surface area (TPSA) is 67.8 Å².